The lowest BCUT2D eigenvalue weighted by Crippen LogP contribution is -2.30. The molecular weight excluding hydrogens is 317 g/mol. The highest BCUT2D eigenvalue weighted by Gasteiger charge is 2.16. The Balaban J connectivity index is 2.14. The Kier molecular flexibility index (Phi) is 6.99. The van der Waals surface area contributed by atoms with Crippen LogP contribution in [0.25, 0.3) is 0 Å². The van der Waals surface area contributed by atoms with Crippen LogP contribution >= 0.6 is 0 Å². The molecule has 1 amide bonds. The number of halogens is 1. The summed E-state index contributed by atoms with van der Waals surface area (Å²) in [5, 5.41) is 3.12. The maximum absolute atomic E-state index is 13.1. The highest BCUT2D eigenvalue weighted by molar-refractivity contribution is 5.76. The number of carbonyl (C=O) groups is 1. The third kappa shape index (κ3) is 6.22. The molecule has 0 saturated carbocycles. The van der Waals surface area contributed by atoms with E-state index < -0.39 is 0 Å². The molecule has 0 saturated heterocycles. The van der Waals surface area contributed by atoms with E-state index in [1.807, 2.05) is 24.3 Å². The molecule has 0 radical (unpaired) electrons. The van der Waals surface area contributed by atoms with Crippen molar-refractivity contribution in [1.29, 1.82) is 0 Å². The number of amides is 1. The van der Waals surface area contributed by atoms with Gasteiger partial charge in [-0.25, -0.2) is 4.39 Å². The van der Waals surface area contributed by atoms with E-state index in [1.165, 1.54) is 12.1 Å². The third-order valence-electron chi connectivity index (χ3n) is 4.16. The normalized spacial score (nSPS) is 12.0. The number of carbonyl (C=O) groups excluding carboxylic acids is 1. The summed E-state index contributed by atoms with van der Waals surface area (Å²) in [5.74, 6) is 1.04. The molecule has 0 fully saturated rings. The Morgan fingerprint density at radius 2 is 1.72 bits per heavy atom. The fourth-order valence-electron chi connectivity index (χ4n) is 2.63. The highest BCUT2D eigenvalue weighted by atomic mass is 19.1. The Labute approximate surface area is 149 Å². The molecular formula is C21H26FNO2. The molecule has 2 aromatic rings. The number of nitrogens with one attached hydrogen (secondary N) is 1. The van der Waals surface area contributed by atoms with Crippen molar-refractivity contribution in [2.75, 3.05) is 7.11 Å². The van der Waals surface area contributed by atoms with Gasteiger partial charge in [0.2, 0.25) is 5.91 Å². The van der Waals surface area contributed by atoms with Gasteiger partial charge in [0.1, 0.15) is 11.6 Å². The summed E-state index contributed by atoms with van der Waals surface area (Å²) in [5.41, 5.74) is 1.98. The van der Waals surface area contributed by atoms with Gasteiger partial charge in [0.15, 0.2) is 0 Å². The van der Waals surface area contributed by atoms with E-state index in [-0.39, 0.29) is 17.8 Å². The molecule has 1 N–H and O–H groups in total. The number of hydrogen-bond donors (Lipinski definition) is 1. The van der Waals surface area contributed by atoms with E-state index >= 15 is 0 Å². The summed E-state index contributed by atoms with van der Waals surface area (Å²) in [7, 11) is 1.62. The minimum atomic E-state index is -0.259. The molecule has 0 aliphatic heterocycles. The van der Waals surface area contributed by atoms with Gasteiger partial charge in [0.25, 0.3) is 0 Å². The number of methoxy groups -OCH3 is 1. The first-order valence-corrected chi connectivity index (χ1v) is 8.65. The van der Waals surface area contributed by atoms with Gasteiger partial charge in [0, 0.05) is 6.42 Å². The van der Waals surface area contributed by atoms with E-state index in [4.69, 9.17) is 4.74 Å². The maximum Gasteiger partial charge on any atom is 0.220 e. The van der Waals surface area contributed by atoms with Gasteiger partial charge in [-0.2, -0.15) is 0 Å². The predicted molar refractivity (Wildman–Crippen MR) is 98.1 cm³/mol. The van der Waals surface area contributed by atoms with Gasteiger partial charge in [-0.15, -0.1) is 0 Å². The van der Waals surface area contributed by atoms with Gasteiger partial charge in [-0.3, -0.25) is 4.79 Å². The number of ether oxygens (including phenoxy) is 1. The first kappa shape index (κ1) is 19.0. The van der Waals surface area contributed by atoms with E-state index in [0.717, 1.165) is 23.3 Å². The van der Waals surface area contributed by atoms with Gasteiger partial charge in [-0.1, -0.05) is 38.1 Å². The van der Waals surface area contributed by atoms with Crippen molar-refractivity contribution in [3.8, 4) is 5.75 Å². The zero-order valence-corrected chi connectivity index (χ0v) is 15.1. The Hall–Kier alpha value is -2.36. The van der Waals surface area contributed by atoms with Crippen LogP contribution in [0.5, 0.6) is 5.75 Å². The van der Waals surface area contributed by atoms with Crippen LogP contribution in [0.2, 0.25) is 0 Å². The van der Waals surface area contributed by atoms with Crippen LogP contribution in [0.4, 0.5) is 4.39 Å². The van der Waals surface area contributed by atoms with Gasteiger partial charge in [0.05, 0.1) is 13.2 Å². The first-order chi connectivity index (χ1) is 12.0. The minimum absolute atomic E-state index is 0.0385. The van der Waals surface area contributed by atoms with Crippen LogP contribution in [0.15, 0.2) is 48.5 Å². The predicted octanol–water partition coefficient (Wildman–Crippen LogP) is 4.67. The quantitative estimate of drug-likeness (QED) is 0.756. The number of benzene rings is 2. The SMILES string of the molecule is COc1ccc(C(Cc2ccc(F)cc2)NC(=O)CCC(C)C)cc1. The molecule has 1 atom stereocenters. The van der Waals surface area contributed by atoms with Crippen LogP contribution in [0.3, 0.4) is 0 Å². The van der Waals surface area contributed by atoms with Crippen LogP contribution < -0.4 is 10.1 Å². The van der Waals surface area contributed by atoms with E-state index in [9.17, 15) is 9.18 Å². The van der Waals surface area contributed by atoms with Crippen LogP contribution in [-0.2, 0) is 11.2 Å². The summed E-state index contributed by atoms with van der Waals surface area (Å²) in [6.07, 6.45) is 1.98. The molecule has 0 spiro atoms. The van der Waals surface area contributed by atoms with Gasteiger partial charge >= 0.3 is 0 Å². The summed E-state index contributed by atoms with van der Waals surface area (Å²) < 4.78 is 18.3. The zero-order chi connectivity index (χ0) is 18.2. The maximum atomic E-state index is 13.1. The highest BCUT2D eigenvalue weighted by Crippen LogP contribution is 2.22. The molecule has 4 heteroatoms. The van der Waals surface area contributed by atoms with Crippen LogP contribution in [-0.4, -0.2) is 13.0 Å². The van der Waals surface area contributed by atoms with Gasteiger partial charge < -0.3 is 10.1 Å². The molecule has 2 rings (SSSR count). The average Bonchev–Trinajstić information content (AvgIpc) is 2.61. The second kappa shape index (κ2) is 9.21. The van der Waals surface area contributed by atoms with Crippen molar-refractivity contribution in [2.45, 2.75) is 39.2 Å². The second-order valence-electron chi connectivity index (χ2n) is 6.66. The summed E-state index contributed by atoms with van der Waals surface area (Å²) in [6, 6.07) is 13.9. The van der Waals surface area contributed by atoms with Crippen molar-refractivity contribution >= 4 is 5.91 Å². The molecule has 134 valence electrons. The standard InChI is InChI=1S/C21H26FNO2/c1-15(2)4-13-21(24)23-20(14-16-5-9-18(22)10-6-16)17-7-11-19(25-3)12-8-17/h5-12,15,20H,4,13-14H2,1-3H3,(H,23,24). The molecule has 0 aliphatic carbocycles. The summed E-state index contributed by atoms with van der Waals surface area (Å²) in [4.78, 5) is 12.3. The van der Waals surface area contributed by atoms with Crippen LogP contribution in [0, 0.1) is 11.7 Å². The molecule has 0 aliphatic rings. The van der Waals surface area contributed by atoms with Crippen molar-refractivity contribution in [2.24, 2.45) is 5.92 Å². The fourth-order valence-corrected chi connectivity index (χ4v) is 2.63. The van der Waals surface area contributed by atoms with Crippen molar-refractivity contribution < 1.29 is 13.9 Å². The largest absolute Gasteiger partial charge is 0.497 e. The lowest BCUT2D eigenvalue weighted by molar-refractivity contribution is -0.122. The van der Waals surface area contributed by atoms with Gasteiger partial charge in [-0.05, 0) is 54.2 Å². The summed E-state index contributed by atoms with van der Waals surface area (Å²) in [6.45, 7) is 4.21. The zero-order valence-electron chi connectivity index (χ0n) is 15.1. The molecule has 25 heavy (non-hydrogen) atoms. The number of rotatable bonds is 8. The lowest BCUT2D eigenvalue weighted by atomic mass is 9.98. The smallest absolute Gasteiger partial charge is 0.220 e. The molecule has 0 bridgehead atoms. The molecule has 1 unspecified atom stereocenters. The second-order valence-corrected chi connectivity index (χ2v) is 6.66. The Bertz CT molecular complexity index is 665. The molecule has 2 aromatic carbocycles. The minimum Gasteiger partial charge on any atom is -0.497 e. The Morgan fingerprint density at radius 3 is 2.28 bits per heavy atom. The van der Waals surface area contributed by atoms with Crippen LogP contribution in [0.1, 0.15) is 43.9 Å². The first-order valence-electron chi connectivity index (χ1n) is 8.65. The molecule has 0 aromatic heterocycles. The van der Waals surface area contributed by atoms with Crippen molar-refractivity contribution in [1.82, 2.24) is 5.32 Å². The third-order valence-corrected chi connectivity index (χ3v) is 4.16. The Morgan fingerprint density at radius 1 is 1.08 bits per heavy atom. The van der Waals surface area contributed by atoms with Crippen molar-refractivity contribution in [3.05, 3.63) is 65.5 Å². The van der Waals surface area contributed by atoms with E-state index in [2.05, 4.69) is 19.2 Å². The van der Waals surface area contributed by atoms with Crippen molar-refractivity contribution in [3.63, 3.8) is 0 Å². The molecule has 3 nitrogen and oxygen atoms in total. The monoisotopic (exact) mass is 343 g/mol. The fraction of sp³-hybridized carbons (Fsp3) is 0.381. The summed E-state index contributed by atoms with van der Waals surface area (Å²) >= 11 is 0. The molecule has 0 heterocycles. The number of hydrogen-bond acceptors (Lipinski definition) is 2. The van der Waals surface area contributed by atoms with E-state index in [1.54, 1.807) is 19.2 Å². The van der Waals surface area contributed by atoms with E-state index in [0.29, 0.717) is 18.8 Å². The average molecular weight is 343 g/mol. The lowest BCUT2D eigenvalue weighted by Gasteiger charge is -2.20. The topological polar surface area (TPSA) is 38.3 Å².